The lowest BCUT2D eigenvalue weighted by Crippen LogP contribution is -2.34. The fraction of sp³-hybridized carbons (Fsp3) is 0.167. The fourth-order valence-electron chi connectivity index (χ4n) is 2.09. The molecular formula is C18H19N3O2S. The summed E-state index contributed by atoms with van der Waals surface area (Å²) in [6.45, 7) is 4.36. The van der Waals surface area contributed by atoms with Crippen molar-refractivity contribution in [2.75, 3.05) is 11.9 Å². The van der Waals surface area contributed by atoms with Crippen LogP contribution in [0.3, 0.4) is 0 Å². The van der Waals surface area contributed by atoms with Crippen LogP contribution in [-0.2, 0) is 0 Å². The first-order valence-electron chi connectivity index (χ1n) is 7.57. The van der Waals surface area contributed by atoms with Crippen LogP contribution < -0.4 is 16.0 Å². The van der Waals surface area contributed by atoms with Crippen molar-refractivity contribution in [3.05, 3.63) is 65.2 Å². The van der Waals surface area contributed by atoms with Gasteiger partial charge in [0.05, 0.1) is 0 Å². The van der Waals surface area contributed by atoms with Crippen molar-refractivity contribution in [1.29, 1.82) is 0 Å². The number of aryl methyl sites for hydroxylation is 1. The summed E-state index contributed by atoms with van der Waals surface area (Å²) in [4.78, 5) is 23.8. The lowest BCUT2D eigenvalue weighted by atomic mass is 10.1. The van der Waals surface area contributed by atoms with E-state index in [0.717, 1.165) is 5.56 Å². The van der Waals surface area contributed by atoms with Gasteiger partial charge >= 0.3 is 0 Å². The van der Waals surface area contributed by atoms with Crippen LogP contribution in [-0.4, -0.2) is 23.5 Å². The summed E-state index contributed by atoms with van der Waals surface area (Å²) in [7, 11) is 0. The van der Waals surface area contributed by atoms with Crippen LogP contribution in [0.25, 0.3) is 0 Å². The molecule has 0 aliphatic heterocycles. The quantitative estimate of drug-likeness (QED) is 0.748. The first kappa shape index (κ1) is 17.6. The average Bonchev–Trinajstić information content (AvgIpc) is 2.55. The summed E-state index contributed by atoms with van der Waals surface area (Å²) in [5.41, 5.74) is 2.81. The van der Waals surface area contributed by atoms with Gasteiger partial charge in [0, 0.05) is 23.4 Å². The Hall–Kier alpha value is -2.73. The molecule has 0 saturated heterocycles. The fourth-order valence-corrected chi connectivity index (χ4v) is 2.30. The molecule has 3 N–H and O–H groups in total. The molecule has 0 bridgehead atoms. The van der Waals surface area contributed by atoms with E-state index in [1.807, 2.05) is 26.0 Å². The number of anilines is 1. The minimum atomic E-state index is -0.268. The number of nitrogens with one attached hydrogen (secondary N) is 3. The van der Waals surface area contributed by atoms with Crippen molar-refractivity contribution in [3.8, 4) is 0 Å². The van der Waals surface area contributed by atoms with E-state index in [-0.39, 0.29) is 16.9 Å². The monoisotopic (exact) mass is 341 g/mol. The molecule has 2 amide bonds. The summed E-state index contributed by atoms with van der Waals surface area (Å²) < 4.78 is 0. The lowest BCUT2D eigenvalue weighted by molar-refractivity contribution is 0.0953. The molecule has 0 spiro atoms. The molecule has 5 nitrogen and oxygen atoms in total. The molecule has 24 heavy (non-hydrogen) atoms. The Bertz CT molecular complexity index is 757. The summed E-state index contributed by atoms with van der Waals surface area (Å²) in [5.74, 6) is -0.394. The second-order valence-corrected chi connectivity index (χ2v) is 5.62. The lowest BCUT2D eigenvalue weighted by Gasteiger charge is -2.10. The van der Waals surface area contributed by atoms with Crippen LogP contribution in [0.2, 0.25) is 0 Å². The molecule has 0 aliphatic rings. The molecule has 0 saturated carbocycles. The summed E-state index contributed by atoms with van der Waals surface area (Å²) >= 11 is 5.15. The van der Waals surface area contributed by atoms with Gasteiger partial charge in [-0.25, -0.2) is 0 Å². The van der Waals surface area contributed by atoms with Crippen molar-refractivity contribution in [2.24, 2.45) is 0 Å². The van der Waals surface area contributed by atoms with Gasteiger partial charge in [0.1, 0.15) is 0 Å². The zero-order chi connectivity index (χ0) is 17.5. The summed E-state index contributed by atoms with van der Waals surface area (Å²) in [5, 5.41) is 8.48. The predicted octanol–water partition coefficient (Wildman–Crippen LogP) is 2.87. The third kappa shape index (κ3) is 4.89. The largest absolute Gasteiger partial charge is 0.352 e. The van der Waals surface area contributed by atoms with E-state index >= 15 is 0 Å². The van der Waals surface area contributed by atoms with E-state index in [9.17, 15) is 9.59 Å². The van der Waals surface area contributed by atoms with Crippen molar-refractivity contribution < 1.29 is 9.59 Å². The topological polar surface area (TPSA) is 70.2 Å². The molecule has 6 heteroatoms. The van der Waals surface area contributed by atoms with Gasteiger partial charge in [0.2, 0.25) is 0 Å². The van der Waals surface area contributed by atoms with E-state index in [0.29, 0.717) is 23.4 Å². The van der Waals surface area contributed by atoms with E-state index < -0.39 is 0 Å². The van der Waals surface area contributed by atoms with Crippen LogP contribution in [0.1, 0.15) is 33.2 Å². The number of hydrogen-bond acceptors (Lipinski definition) is 3. The van der Waals surface area contributed by atoms with Gasteiger partial charge in [-0.05, 0) is 62.5 Å². The van der Waals surface area contributed by atoms with Crippen LogP contribution in [0.15, 0.2) is 48.5 Å². The van der Waals surface area contributed by atoms with E-state index in [4.69, 9.17) is 12.2 Å². The highest BCUT2D eigenvalue weighted by molar-refractivity contribution is 7.80. The third-order valence-electron chi connectivity index (χ3n) is 3.25. The van der Waals surface area contributed by atoms with E-state index in [1.54, 1.807) is 36.4 Å². The predicted molar refractivity (Wildman–Crippen MR) is 99.3 cm³/mol. The first-order chi connectivity index (χ1) is 11.5. The maximum atomic E-state index is 12.1. The molecular weight excluding hydrogens is 322 g/mol. The van der Waals surface area contributed by atoms with Crippen LogP contribution in [0, 0.1) is 6.92 Å². The Kier molecular flexibility index (Phi) is 6.03. The zero-order valence-electron chi connectivity index (χ0n) is 13.6. The van der Waals surface area contributed by atoms with Gasteiger partial charge in [-0.2, -0.15) is 0 Å². The van der Waals surface area contributed by atoms with Crippen molar-refractivity contribution in [2.45, 2.75) is 13.8 Å². The van der Waals surface area contributed by atoms with Gasteiger partial charge in [-0.3, -0.25) is 14.9 Å². The minimum absolute atomic E-state index is 0.126. The number of benzene rings is 2. The number of carbonyl (C=O) groups excluding carboxylic acids is 2. The number of amides is 2. The molecule has 0 radical (unpaired) electrons. The zero-order valence-corrected chi connectivity index (χ0v) is 14.4. The second-order valence-electron chi connectivity index (χ2n) is 5.21. The van der Waals surface area contributed by atoms with E-state index in [1.165, 1.54) is 0 Å². The number of thiocarbonyl (C=S) groups is 1. The number of hydrogen-bond donors (Lipinski definition) is 3. The van der Waals surface area contributed by atoms with E-state index in [2.05, 4.69) is 16.0 Å². The summed E-state index contributed by atoms with van der Waals surface area (Å²) in [6, 6.07) is 14.1. The Labute approximate surface area is 146 Å². The second kappa shape index (κ2) is 8.21. The normalized spacial score (nSPS) is 9.92. The van der Waals surface area contributed by atoms with Crippen molar-refractivity contribution in [1.82, 2.24) is 10.6 Å². The maximum absolute atomic E-state index is 12.1. The Morgan fingerprint density at radius 1 is 1.00 bits per heavy atom. The molecule has 2 aromatic carbocycles. The van der Waals surface area contributed by atoms with Gasteiger partial charge < -0.3 is 10.6 Å². The van der Waals surface area contributed by atoms with Crippen molar-refractivity contribution >= 4 is 34.8 Å². The third-order valence-corrected chi connectivity index (χ3v) is 3.45. The smallest absolute Gasteiger partial charge is 0.257 e. The highest BCUT2D eigenvalue weighted by Gasteiger charge is 2.08. The van der Waals surface area contributed by atoms with Gasteiger partial charge in [0.15, 0.2) is 5.11 Å². The molecule has 2 rings (SSSR count). The molecule has 124 valence electrons. The Morgan fingerprint density at radius 3 is 2.33 bits per heavy atom. The first-order valence-corrected chi connectivity index (χ1v) is 7.97. The molecule has 0 fully saturated rings. The van der Waals surface area contributed by atoms with Crippen LogP contribution in [0.5, 0.6) is 0 Å². The SMILES string of the molecule is CCNC(=O)c1ccc(NC(=S)NC(=O)c2cccc(C)c2)cc1. The molecule has 0 unspecified atom stereocenters. The van der Waals surface area contributed by atoms with Crippen molar-refractivity contribution in [3.63, 3.8) is 0 Å². The minimum Gasteiger partial charge on any atom is -0.352 e. The molecule has 0 aliphatic carbocycles. The Balaban J connectivity index is 1.94. The van der Waals surface area contributed by atoms with Gasteiger partial charge in [-0.1, -0.05) is 17.7 Å². The summed E-state index contributed by atoms with van der Waals surface area (Å²) in [6.07, 6.45) is 0. The number of carbonyl (C=O) groups is 2. The standard InChI is InChI=1S/C18H19N3O2S/c1-3-19-16(22)13-7-9-15(10-8-13)20-18(24)21-17(23)14-6-4-5-12(2)11-14/h4-11H,3H2,1-2H3,(H,19,22)(H2,20,21,23,24). The van der Waals surface area contributed by atoms with Crippen LogP contribution >= 0.6 is 12.2 Å². The number of rotatable bonds is 4. The Morgan fingerprint density at radius 2 is 1.71 bits per heavy atom. The molecule has 2 aromatic rings. The van der Waals surface area contributed by atoms with Crippen LogP contribution in [0.4, 0.5) is 5.69 Å². The van der Waals surface area contributed by atoms with Gasteiger partial charge in [-0.15, -0.1) is 0 Å². The highest BCUT2D eigenvalue weighted by Crippen LogP contribution is 2.10. The highest BCUT2D eigenvalue weighted by atomic mass is 32.1. The van der Waals surface area contributed by atoms with Gasteiger partial charge in [0.25, 0.3) is 11.8 Å². The average molecular weight is 341 g/mol. The molecule has 0 heterocycles. The maximum Gasteiger partial charge on any atom is 0.257 e. The molecule has 0 aromatic heterocycles. The molecule has 0 atom stereocenters.